The molecule has 0 bridgehead atoms. The molecule has 5 heteroatoms. The van der Waals surface area contributed by atoms with Gasteiger partial charge in [0.2, 0.25) is 5.91 Å². The maximum absolute atomic E-state index is 11.9. The molecule has 0 saturated carbocycles. The molecule has 2 heterocycles. The monoisotopic (exact) mass is 269 g/mol. The second kappa shape index (κ2) is 7.82. The topological polar surface area (TPSA) is 44.8 Å². The van der Waals surface area contributed by atoms with E-state index in [2.05, 4.69) is 22.2 Å². The summed E-state index contributed by atoms with van der Waals surface area (Å²) >= 11 is 0. The number of hydrogen-bond acceptors (Lipinski definition) is 4. The summed E-state index contributed by atoms with van der Waals surface area (Å²) in [6.07, 6.45) is 3.35. The van der Waals surface area contributed by atoms with Gasteiger partial charge in [0.15, 0.2) is 0 Å². The molecule has 19 heavy (non-hydrogen) atoms. The van der Waals surface area contributed by atoms with E-state index in [1.54, 1.807) is 0 Å². The Hall–Kier alpha value is -0.650. The van der Waals surface area contributed by atoms with E-state index in [9.17, 15) is 4.79 Å². The Morgan fingerprint density at radius 1 is 1.32 bits per heavy atom. The van der Waals surface area contributed by atoms with Gasteiger partial charge in [0, 0.05) is 32.8 Å². The largest absolute Gasteiger partial charge is 0.381 e. The summed E-state index contributed by atoms with van der Waals surface area (Å²) in [7, 11) is 2.15. The molecule has 5 nitrogen and oxygen atoms in total. The minimum Gasteiger partial charge on any atom is -0.381 e. The van der Waals surface area contributed by atoms with Crippen molar-refractivity contribution in [3.63, 3.8) is 0 Å². The van der Waals surface area contributed by atoms with Crippen molar-refractivity contribution in [1.82, 2.24) is 15.1 Å². The van der Waals surface area contributed by atoms with Crippen LogP contribution in [0.15, 0.2) is 0 Å². The van der Waals surface area contributed by atoms with Gasteiger partial charge < -0.3 is 15.0 Å². The predicted molar refractivity (Wildman–Crippen MR) is 75.1 cm³/mol. The zero-order chi connectivity index (χ0) is 13.5. The van der Waals surface area contributed by atoms with Crippen LogP contribution in [0.2, 0.25) is 0 Å². The van der Waals surface area contributed by atoms with Crippen molar-refractivity contribution in [3.8, 4) is 0 Å². The molecule has 0 aliphatic carbocycles. The van der Waals surface area contributed by atoms with Crippen LogP contribution in [-0.2, 0) is 9.53 Å². The van der Waals surface area contributed by atoms with Gasteiger partial charge in [0.1, 0.15) is 0 Å². The minimum absolute atomic E-state index is 0.170. The van der Waals surface area contributed by atoms with Crippen molar-refractivity contribution < 1.29 is 9.53 Å². The Bertz CT molecular complexity index is 280. The van der Waals surface area contributed by atoms with E-state index in [-0.39, 0.29) is 5.91 Å². The third-order valence-electron chi connectivity index (χ3n) is 4.08. The molecule has 110 valence electrons. The third-order valence-corrected chi connectivity index (χ3v) is 4.08. The van der Waals surface area contributed by atoms with Crippen LogP contribution in [0.4, 0.5) is 0 Å². The number of rotatable bonds is 5. The van der Waals surface area contributed by atoms with E-state index in [0.29, 0.717) is 12.5 Å². The normalized spacial score (nSPS) is 26.3. The van der Waals surface area contributed by atoms with E-state index >= 15 is 0 Å². The quantitative estimate of drug-likeness (QED) is 0.772. The van der Waals surface area contributed by atoms with Gasteiger partial charge in [0.25, 0.3) is 0 Å². The number of likely N-dealkylation sites (N-methyl/N-ethyl adjacent to an activating group) is 1. The maximum Gasteiger partial charge on any atom is 0.234 e. The highest BCUT2D eigenvalue weighted by atomic mass is 16.5. The van der Waals surface area contributed by atoms with Crippen molar-refractivity contribution in [1.29, 1.82) is 0 Å². The molecule has 2 aliphatic rings. The van der Waals surface area contributed by atoms with E-state index in [4.69, 9.17) is 4.74 Å². The van der Waals surface area contributed by atoms with Crippen molar-refractivity contribution >= 4 is 5.91 Å². The highest BCUT2D eigenvalue weighted by Crippen LogP contribution is 2.15. The van der Waals surface area contributed by atoms with E-state index < -0.39 is 0 Å². The number of nitrogens with zero attached hydrogens (tertiary/aromatic N) is 2. The summed E-state index contributed by atoms with van der Waals surface area (Å²) in [6, 6.07) is 0. The second-order valence-electron chi connectivity index (χ2n) is 5.80. The number of ether oxygens (including phenoxy) is 1. The van der Waals surface area contributed by atoms with Crippen LogP contribution in [0.25, 0.3) is 0 Å². The zero-order valence-corrected chi connectivity index (χ0v) is 12.1. The molecule has 0 aromatic heterocycles. The van der Waals surface area contributed by atoms with Crippen molar-refractivity contribution in [3.05, 3.63) is 0 Å². The fourth-order valence-corrected chi connectivity index (χ4v) is 2.74. The molecular weight excluding hydrogens is 242 g/mol. The molecule has 0 aromatic rings. The number of hydrogen-bond donors (Lipinski definition) is 1. The molecular formula is C14H27N3O2. The van der Waals surface area contributed by atoms with Gasteiger partial charge in [-0.15, -0.1) is 0 Å². The lowest BCUT2D eigenvalue weighted by Gasteiger charge is -2.19. The fourth-order valence-electron chi connectivity index (χ4n) is 2.74. The van der Waals surface area contributed by atoms with Gasteiger partial charge in [-0.1, -0.05) is 0 Å². The van der Waals surface area contributed by atoms with Crippen molar-refractivity contribution in [2.45, 2.75) is 19.3 Å². The van der Waals surface area contributed by atoms with Crippen molar-refractivity contribution in [2.24, 2.45) is 5.92 Å². The van der Waals surface area contributed by atoms with Gasteiger partial charge in [-0.25, -0.2) is 0 Å². The predicted octanol–water partition coefficient (Wildman–Crippen LogP) is 0.167. The highest BCUT2D eigenvalue weighted by Gasteiger charge is 2.17. The Balaban J connectivity index is 1.57. The lowest BCUT2D eigenvalue weighted by Crippen LogP contribution is -2.39. The van der Waals surface area contributed by atoms with E-state index in [0.717, 1.165) is 65.2 Å². The molecule has 0 radical (unpaired) electrons. The Morgan fingerprint density at radius 3 is 3.00 bits per heavy atom. The van der Waals surface area contributed by atoms with Crippen LogP contribution < -0.4 is 5.32 Å². The molecule has 1 unspecified atom stereocenters. The van der Waals surface area contributed by atoms with Gasteiger partial charge in [-0.05, 0) is 45.3 Å². The first-order valence-electron chi connectivity index (χ1n) is 7.49. The summed E-state index contributed by atoms with van der Waals surface area (Å²) in [5, 5.41) is 3.04. The van der Waals surface area contributed by atoms with Crippen LogP contribution in [0.3, 0.4) is 0 Å². The summed E-state index contributed by atoms with van der Waals surface area (Å²) in [5.41, 5.74) is 0. The smallest absolute Gasteiger partial charge is 0.234 e. The van der Waals surface area contributed by atoms with Crippen LogP contribution >= 0.6 is 0 Å². The Labute approximate surface area is 116 Å². The van der Waals surface area contributed by atoms with Gasteiger partial charge >= 0.3 is 0 Å². The number of carbonyl (C=O) groups is 1. The fraction of sp³-hybridized carbons (Fsp3) is 0.929. The lowest BCUT2D eigenvalue weighted by atomic mass is 10.1. The van der Waals surface area contributed by atoms with Crippen LogP contribution in [0.5, 0.6) is 0 Å². The summed E-state index contributed by atoms with van der Waals surface area (Å²) in [6.45, 7) is 7.34. The molecule has 2 fully saturated rings. The van der Waals surface area contributed by atoms with E-state index in [1.807, 2.05) is 0 Å². The molecule has 1 amide bonds. The van der Waals surface area contributed by atoms with Crippen LogP contribution in [0, 0.1) is 5.92 Å². The standard InChI is InChI=1S/C14H27N3O2/c1-16-6-2-7-17(9-8-16)11-14(18)15-5-3-13-4-10-19-12-13/h13H,2-12H2,1H3,(H,15,18). The molecule has 2 saturated heterocycles. The zero-order valence-electron chi connectivity index (χ0n) is 12.1. The molecule has 1 N–H and O–H groups in total. The first kappa shape index (κ1) is 14.8. The number of carbonyl (C=O) groups excluding carboxylic acids is 1. The van der Waals surface area contributed by atoms with Gasteiger partial charge in [-0.2, -0.15) is 0 Å². The second-order valence-corrected chi connectivity index (χ2v) is 5.80. The Kier molecular flexibility index (Phi) is 6.07. The lowest BCUT2D eigenvalue weighted by molar-refractivity contribution is -0.122. The molecule has 1 atom stereocenters. The first-order valence-corrected chi connectivity index (χ1v) is 7.49. The van der Waals surface area contributed by atoms with Gasteiger partial charge in [-0.3, -0.25) is 9.69 Å². The van der Waals surface area contributed by atoms with E-state index in [1.165, 1.54) is 0 Å². The summed E-state index contributed by atoms with van der Waals surface area (Å²) in [4.78, 5) is 16.5. The summed E-state index contributed by atoms with van der Waals surface area (Å²) < 4.78 is 5.33. The number of nitrogens with one attached hydrogen (secondary N) is 1. The number of amides is 1. The molecule has 2 aliphatic heterocycles. The van der Waals surface area contributed by atoms with Crippen LogP contribution in [-0.4, -0.2) is 75.2 Å². The van der Waals surface area contributed by atoms with Crippen molar-refractivity contribution in [2.75, 3.05) is 59.5 Å². The summed E-state index contributed by atoms with van der Waals surface area (Å²) in [5.74, 6) is 0.815. The van der Waals surface area contributed by atoms with Crippen LogP contribution in [0.1, 0.15) is 19.3 Å². The third kappa shape index (κ3) is 5.47. The van der Waals surface area contributed by atoms with Gasteiger partial charge in [0.05, 0.1) is 6.54 Å². The SMILES string of the molecule is CN1CCCN(CC(=O)NCCC2CCOC2)CC1. The average molecular weight is 269 g/mol. The molecule has 0 spiro atoms. The first-order chi connectivity index (χ1) is 9.24. The molecule has 2 rings (SSSR count). The maximum atomic E-state index is 11.9. The highest BCUT2D eigenvalue weighted by molar-refractivity contribution is 5.77. The average Bonchev–Trinajstić information content (AvgIpc) is 2.81. The minimum atomic E-state index is 0.170. The molecule has 0 aromatic carbocycles. The Morgan fingerprint density at radius 2 is 2.21 bits per heavy atom.